The number of nitrogens with zero attached hydrogens (tertiary/aromatic N) is 3. The van der Waals surface area contributed by atoms with Crippen LogP contribution in [0.25, 0.3) is 0 Å². The third-order valence-corrected chi connectivity index (χ3v) is 4.40. The molecule has 1 aromatic heterocycles. The molecule has 0 N–H and O–H groups in total. The lowest BCUT2D eigenvalue weighted by atomic mass is 10.2. The Hall–Kier alpha value is -3.27. The van der Waals surface area contributed by atoms with Crippen molar-refractivity contribution in [2.45, 2.75) is 19.5 Å². The van der Waals surface area contributed by atoms with E-state index in [1.165, 1.54) is 30.3 Å². The molecule has 0 saturated heterocycles. The van der Waals surface area contributed by atoms with Crippen molar-refractivity contribution in [3.05, 3.63) is 65.6 Å². The van der Waals surface area contributed by atoms with Crippen LogP contribution in [0.1, 0.15) is 11.3 Å². The van der Waals surface area contributed by atoms with Crippen LogP contribution in [0.3, 0.4) is 0 Å². The summed E-state index contributed by atoms with van der Waals surface area (Å²) in [6.45, 7) is 0.942. The van der Waals surface area contributed by atoms with Crippen LogP contribution in [-0.2, 0) is 17.9 Å². The molecule has 4 rings (SSSR count). The lowest BCUT2D eigenvalue weighted by Crippen LogP contribution is -2.27. The number of benzene rings is 2. The summed E-state index contributed by atoms with van der Waals surface area (Å²) in [4.78, 5) is 6.28. The fraction of sp³-hybridized carbons (Fsp3) is 0.250. The van der Waals surface area contributed by atoms with Crippen molar-refractivity contribution < 1.29 is 31.8 Å². The molecule has 30 heavy (non-hydrogen) atoms. The van der Waals surface area contributed by atoms with Crippen LogP contribution >= 0.6 is 0 Å². The first-order chi connectivity index (χ1) is 14.3. The summed E-state index contributed by atoms with van der Waals surface area (Å²) < 4.78 is 67.8. The highest BCUT2D eigenvalue weighted by Crippen LogP contribution is 2.34. The molecule has 0 aliphatic carbocycles. The van der Waals surface area contributed by atoms with Crippen molar-refractivity contribution in [2.75, 3.05) is 18.7 Å². The fourth-order valence-electron chi connectivity index (χ4n) is 3.09. The second-order valence-electron chi connectivity index (χ2n) is 6.68. The SMILES string of the molecule is CN1COCc2c1nc(Oc1cccc(OC(F)(F)F)c1)n2Cc1ccc(F)cc1. The minimum Gasteiger partial charge on any atom is -0.425 e. The number of imidazole rings is 1. The molecule has 0 fully saturated rings. The van der Waals surface area contributed by atoms with Crippen molar-refractivity contribution in [1.29, 1.82) is 0 Å². The average molecular weight is 423 g/mol. The van der Waals surface area contributed by atoms with Gasteiger partial charge in [-0.05, 0) is 29.8 Å². The molecular formula is C20H17F4N3O3. The largest absolute Gasteiger partial charge is 0.573 e. The van der Waals surface area contributed by atoms with Crippen LogP contribution in [0.4, 0.5) is 23.4 Å². The number of ether oxygens (including phenoxy) is 3. The van der Waals surface area contributed by atoms with E-state index in [0.29, 0.717) is 19.1 Å². The first kappa shape index (κ1) is 20.0. The Morgan fingerprint density at radius 3 is 2.57 bits per heavy atom. The molecule has 6 nitrogen and oxygen atoms in total. The molecule has 10 heteroatoms. The first-order valence-electron chi connectivity index (χ1n) is 8.95. The highest BCUT2D eigenvalue weighted by atomic mass is 19.4. The van der Waals surface area contributed by atoms with Crippen LogP contribution in [0.2, 0.25) is 0 Å². The van der Waals surface area contributed by atoms with Gasteiger partial charge in [0.15, 0.2) is 5.82 Å². The Labute approximate surface area is 169 Å². The Balaban J connectivity index is 1.67. The number of hydrogen-bond donors (Lipinski definition) is 0. The molecule has 0 radical (unpaired) electrons. The fourth-order valence-corrected chi connectivity index (χ4v) is 3.09. The molecule has 0 saturated carbocycles. The summed E-state index contributed by atoms with van der Waals surface area (Å²) in [5.74, 6) is 0.0124. The Morgan fingerprint density at radius 2 is 1.83 bits per heavy atom. The molecule has 0 amide bonds. The number of anilines is 1. The highest BCUT2D eigenvalue weighted by Gasteiger charge is 2.31. The summed E-state index contributed by atoms with van der Waals surface area (Å²) in [5, 5.41) is 0. The van der Waals surface area contributed by atoms with Gasteiger partial charge in [-0.25, -0.2) is 4.39 Å². The van der Waals surface area contributed by atoms with Gasteiger partial charge in [0.25, 0.3) is 0 Å². The van der Waals surface area contributed by atoms with Gasteiger partial charge >= 0.3 is 12.4 Å². The molecule has 0 spiro atoms. The molecular weight excluding hydrogens is 406 g/mol. The van der Waals surface area contributed by atoms with Gasteiger partial charge in [-0.3, -0.25) is 4.57 Å². The maximum atomic E-state index is 13.2. The van der Waals surface area contributed by atoms with Crippen LogP contribution in [0, 0.1) is 5.82 Å². The van der Waals surface area contributed by atoms with Crippen LogP contribution in [0.15, 0.2) is 48.5 Å². The highest BCUT2D eigenvalue weighted by molar-refractivity contribution is 5.48. The van der Waals surface area contributed by atoms with Gasteiger partial charge in [0.2, 0.25) is 0 Å². The Bertz CT molecular complexity index is 1030. The average Bonchev–Trinajstić information content (AvgIpc) is 3.01. The van der Waals surface area contributed by atoms with E-state index < -0.39 is 12.1 Å². The minimum atomic E-state index is -4.81. The van der Waals surface area contributed by atoms with Gasteiger partial charge in [-0.1, -0.05) is 18.2 Å². The normalized spacial score (nSPS) is 13.8. The second-order valence-corrected chi connectivity index (χ2v) is 6.68. The third kappa shape index (κ3) is 4.48. The van der Waals surface area contributed by atoms with E-state index >= 15 is 0 Å². The zero-order valence-corrected chi connectivity index (χ0v) is 15.8. The van der Waals surface area contributed by atoms with Gasteiger partial charge in [-0.15, -0.1) is 13.2 Å². The van der Waals surface area contributed by atoms with E-state index in [2.05, 4.69) is 9.72 Å². The topological polar surface area (TPSA) is 48.8 Å². The predicted molar refractivity (Wildman–Crippen MR) is 99.0 cm³/mol. The lowest BCUT2D eigenvalue weighted by Gasteiger charge is -2.24. The van der Waals surface area contributed by atoms with Crippen LogP contribution in [0.5, 0.6) is 17.5 Å². The third-order valence-electron chi connectivity index (χ3n) is 4.40. The van der Waals surface area contributed by atoms with Gasteiger partial charge < -0.3 is 19.1 Å². The summed E-state index contributed by atoms with van der Waals surface area (Å²) >= 11 is 0. The van der Waals surface area contributed by atoms with E-state index in [-0.39, 0.29) is 24.2 Å². The summed E-state index contributed by atoms with van der Waals surface area (Å²) in [6.07, 6.45) is -4.81. The Kier molecular flexibility index (Phi) is 5.25. The summed E-state index contributed by atoms with van der Waals surface area (Å²) in [5.41, 5.74) is 1.54. The zero-order valence-electron chi connectivity index (χ0n) is 15.8. The molecule has 0 bridgehead atoms. The monoisotopic (exact) mass is 423 g/mol. The molecule has 2 heterocycles. The molecule has 0 unspecified atom stereocenters. The summed E-state index contributed by atoms with van der Waals surface area (Å²) in [7, 11) is 1.80. The smallest absolute Gasteiger partial charge is 0.425 e. The molecule has 1 aliphatic heterocycles. The van der Waals surface area contributed by atoms with Crippen molar-refractivity contribution in [3.63, 3.8) is 0 Å². The summed E-state index contributed by atoms with van der Waals surface area (Å²) in [6, 6.07) is 11.3. The van der Waals surface area contributed by atoms with E-state index in [9.17, 15) is 17.6 Å². The number of alkyl halides is 3. The van der Waals surface area contributed by atoms with Crippen LogP contribution < -0.4 is 14.4 Å². The molecule has 158 valence electrons. The first-order valence-corrected chi connectivity index (χ1v) is 8.95. The standard InChI is InChI=1S/C20H17F4N3O3/c1-26-12-28-11-17-18(26)25-19(27(17)10-13-5-7-14(21)8-6-13)29-15-3-2-4-16(9-15)30-20(22,23)24/h2-9H,10-12H2,1H3. The molecule has 0 atom stereocenters. The number of hydrogen-bond acceptors (Lipinski definition) is 5. The van der Waals surface area contributed by atoms with Crippen molar-refractivity contribution in [2.24, 2.45) is 0 Å². The minimum absolute atomic E-state index is 0.128. The van der Waals surface area contributed by atoms with Crippen molar-refractivity contribution >= 4 is 5.82 Å². The van der Waals surface area contributed by atoms with Gasteiger partial charge in [0.05, 0.1) is 18.8 Å². The van der Waals surface area contributed by atoms with Gasteiger partial charge in [-0.2, -0.15) is 4.98 Å². The zero-order chi connectivity index (χ0) is 21.3. The molecule has 2 aromatic carbocycles. The van der Waals surface area contributed by atoms with E-state index in [1.807, 2.05) is 0 Å². The Morgan fingerprint density at radius 1 is 1.10 bits per heavy atom. The number of halogens is 4. The van der Waals surface area contributed by atoms with Gasteiger partial charge in [0, 0.05) is 13.1 Å². The quantitative estimate of drug-likeness (QED) is 0.558. The maximum Gasteiger partial charge on any atom is 0.573 e. The maximum absolute atomic E-state index is 13.2. The second kappa shape index (κ2) is 7.86. The number of aromatic nitrogens is 2. The van der Waals surface area contributed by atoms with Crippen molar-refractivity contribution in [1.82, 2.24) is 9.55 Å². The van der Waals surface area contributed by atoms with E-state index in [4.69, 9.17) is 9.47 Å². The van der Waals surface area contributed by atoms with E-state index in [0.717, 1.165) is 17.3 Å². The molecule has 3 aromatic rings. The van der Waals surface area contributed by atoms with E-state index in [1.54, 1.807) is 28.6 Å². The lowest BCUT2D eigenvalue weighted by molar-refractivity contribution is -0.274. The molecule has 1 aliphatic rings. The number of fused-ring (bicyclic) bond motifs is 1. The van der Waals surface area contributed by atoms with Gasteiger partial charge in [0.1, 0.15) is 24.0 Å². The van der Waals surface area contributed by atoms with Crippen LogP contribution in [-0.4, -0.2) is 29.7 Å². The van der Waals surface area contributed by atoms with Crippen molar-refractivity contribution in [3.8, 4) is 17.5 Å². The number of rotatable bonds is 5. The predicted octanol–water partition coefficient (Wildman–Crippen LogP) is 4.69.